The molecular weight excluding hydrogens is 162 g/mol. The average Bonchev–Trinajstić information content (AvgIpc) is 2.64. The third kappa shape index (κ3) is 1.18. The van der Waals surface area contributed by atoms with Gasteiger partial charge in [-0.25, -0.2) is 0 Å². The summed E-state index contributed by atoms with van der Waals surface area (Å²) in [4.78, 5) is 0. The number of nitrogens with one attached hydrogen (secondary N) is 1. The van der Waals surface area contributed by atoms with E-state index >= 15 is 0 Å². The van der Waals surface area contributed by atoms with Gasteiger partial charge in [0.2, 0.25) is 0 Å². The van der Waals surface area contributed by atoms with E-state index in [2.05, 4.69) is 5.53 Å². The molecule has 1 aliphatic rings. The quantitative estimate of drug-likeness (QED) is 0.413. The summed E-state index contributed by atoms with van der Waals surface area (Å²) in [5.41, 5.74) is 5.28. The van der Waals surface area contributed by atoms with Crippen LogP contribution in [0.25, 0.3) is 0 Å². The first kappa shape index (κ1) is 6.91. The van der Waals surface area contributed by atoms with E-state index in [1.807, 2.05) is 29.3 Å². The van der Waals surface area contributed by atoms with Crippen molar-refractivity contribution in [1.29, 1.82) is 0 Å². The van der Waals surface area contributed by atoms with E-state index in [1.54, 1.807) is 7.05 Å². The molecule has 1 aromatic carbocycles. The summed E-state index contributed by atoms with van der Waals surface area (Å²) >= 11 is 5.58. The van der Waals surface area contributed by atoms with Crippen LogP contribution in [-0.4, -0.2) is 11.6 Å². The van der Waals surface area contributed by atoms with Crippen LogP contribution in [0.1, 0.15) is 0 Å². The molecule has 0 saturated heterocycles. The van der Waals surface area contributed by atoms with Crippen LogP contribution < -0.4 is 10.5 Å². The number of halogens is 1. The maximum atomic E-state index is 5.58. The lowest BCUT2D eigenvalue weighted by molar-refractivity contribution is 0.419. The molecule has 3 nitrogen and oxygen atoms in total. The predicted octanol–water partition coefficient (Wildman–Crippen LogP) is 1.64. The third-order valence-corrected chi connectivity index (χ3v) is 1.63. The molecule has 1 heterocycles. The maximum absolute atomic E-state index is 5.58. The van der Waals surface area contributed by atoms with Crippen LogP contribution in [0.3, 0.4) is 0 Å². The molecule has 0 radical (unpaired) electrons. The van der Waals surface area contributed by atoms with Crippen LogP contribution in [0.4, 0.5) is 11.4 Å². The van der Waals surface area contributed by atoms with Gasteiger partial charge in [0, 0.05) is 7.05 Å². The molecule has 0 aromatic heterocycles. The minimum absolute atomic E-state index is 1.18. The first-order valence-corrected chi connectivity index (χ1v) is 3.68. The van der Waals surface area contributed by atoms with E-state index in [4.69, 9.17) is 11.8 Å². The second kappa shape index (κ2) is 2.37. The summed E-state index contributed by atoms with van der Waals surface area (Å²) in [5.74, 6) is 0. The van der Waals surface area contributed by atoms with E-state index in [9.17, 15) is 0 Å². The average molecular weight is 170 g/mol. The number of benzene rings is 1. The number of hydrogen-bond donors (Lipinski definition) is 1. The number of anilines is 2. The molecule has 0 spiro atoms. The van der Waals surface area contributed by atoms with Crippen molar-refractivity contribution in [3.63, 3.8) is 0 Å². The van der Waals surface area contributed by atoms with Gasteiger partial charge in [-0.15, -0.1) is 10.1 Å². The molecule has 0 unspecified atom stereocenters. The summed E-state index contributed by atoms with van der Waals surface area (Å²) in [6.07, 6.45) is 0. The third-order valence-electron chi connectivity index (χ3n) is 1.55. The lowest BCUT2D eigenvalue weighted by Crippen LogP contribution is -2.32. The van der Waals surface area contributed by atoms with E-state index in [0.29, 0.717) is 0 Å². The molecule has 2 rings (SSSR count). The Bertz CT molecular complexity index is 251. The van der Waals surface area contributed by atoms with Crippen LogP contribution in [0, 0.1) is 0 Å². The molecule has 0 saturated carbocycles. The maximum Gasteiger partial charge on any atom is 0.0845 e. The molecule has 11 heavy (non-hydrogen) atoms. The Morgan fingerprint density at radius 2 is 1.91 bits per heavy atom. The SMILES string of the molecule is CN(Cl)NN1c2ccccc21. The fourth-order valence-corrected chi connectivity index (χ4v) is 1.13. The number of nitrogens with zero attached hydrogens (tertiary/aromatic N) is 2. The first-order valence-electron chi connectivity index (χ1n) is 3.34. The van der Waals surface area contributed by atoms with Crippen molar-refractivity contribution < 1.29 is 0 Å². The van der Waals surface area contributed by atoms with Crippen molar-refractivity contribution in [3.05, 3.63) is 24.3 Å². The number of hydrogen-bond acceptors (Lipinski definition) is 3. The smallest absolute Gasteiger partial charge is 0.0845 e. The molecule has 0 bridgehead atoms. The van der Waals surface area contributed by atoms with Crippen LogP contribution in [0.2, 0.25) is 0 Å². The predicted molar refractivity (Wildman–Crippen MR) is 45.3 cm³/mol. The fourth-order valence-electron chi connectivity index (χ4n) is 1.05. The Labute approximate surface area is 70.2 Å². The zero-order valence-electron chi connectivity index (χ0n) is 6.08. The minimum Gasteiger partial charge on any atom is -0.258 e. The van der Waals surface area contributed by atoms with Crippen molar-refractivity contribution in [3.8, 4) is 0 Å². The van der Waals surface area contributed by atoms with Crippen LogP contribution in [0.5, 0.6) is 0 Å². The first-order chi connectivity index (χ1) is 5.29. The second-order valence-electron chi connectivity index (χ2n) is 2.40. The van der Waals surface area contributed by atoms with Gasteiger partial charge in [-0.2, -0.15) is 0 Å². The van der Waals surface area contributed by atoms with Gasteiger partial charge in [-0.05, 0) is 23.9 Å². The topological polar surface area (TPSA) is 18.3 Å². The summed E-state index contributed by atoms with van der Waals surface area (Å²) in [7, 11) is 1.74. The highest BCUT2D eigenvalue weighted by Gasteiger charge is 2.28. The Morgan fingerprint density at radius 1 is 1.36 bits per heavy atom. The molecule has 0 amide bonds. The van der Waals surface area contributed by atoms with Gasteiger partial charge in [-0.1, -0.05) is 12.1 Å². The monoisotopic (exact) mass is 169 g/mol. The lowest BCUT2D eigenvalue weighted by Gasteiger charge is -2.09. The number of hydrazine groups is 2. The Morgan fingerprint density at radius 3 is 2.36 bits per heavy atom. The Kier molecular flexibility index (Phi) is 1.49. The lowest BCUT2D eigenvalue weighted by atomic mass is 10.4. The van der Waals surface area contributed by atoms with Crippen molar-refractivity contribution in [2.24, 2.45) is 0 Å². The Balaban J connectivity index is 2.07. The number of para-hydroxylation sites is 2. The molecule has 1 aliphatic heterocycles. The zero-order valence-corrected chi connectivity index (χ0v) is 6.84. The molecular formula is C7H8ClN3. The van der Waals surface area contributed by atoms with Crippen molar-refractivity contribution in [1.82, 2.24) is 10.1 Å². The largest absolute Gasteiger partial charge is 0.258 e. The van der Waals surface area contributed by atoms with Crippen LogP contribution in [0.15, 0.2) is 24.3 Å². The van der Waals surface area contributed by atoms with Crippen molar-refractivity contribution >= 4 is 23.2 Å². The number of rotatable bonds is 2. The molecule has 0 fully saturated rings. The van der Waals surface area contributed by atoms with Gasteiger partial charge >= 0.3 is 0 Å². The van der Waals surface area contributed by atoms with Gasteiger partial charge in [-0.3, -0.25) is 5.01 Å². The molecule has 1 aromatic rings. The molecule has 58 valence electrons. The highest BCUT2D eigenvalue weighted by atomic mass is 35.5. The molecule has 1 N–H and O–H groups in total. The molecule has 0 atom stereocenters. The van der Waals surface area contributed by atoms with Crippen molar-refractivity contribution in [2.75, 3.05) is 12.1 Å². The van der Waals surface area contributed by atoms with E-state index in [1.165, 1.54) is 15.9 Å². The van der Waals surface area contributed by atoms with Crippen LogP contribution >= 0.6 is 11.8 Å². The Hall–Kier alpha value is -0.770. The molecule has 4 heteroatoms. The minimum atomic E-state index is 1.18. The normalized spacial score (nSPS) is 13.5. The second-order valence-corrected chi connectivity index (χ2v) is 2.91. The van der Waals surface area contributed by atoms with Crippen molar-refractivity contribution in [2.45, 2.75) is 0 Å². The van der Waals surface area contributed by atoms with Gasteiger partial charge in [0.25, 0.3) is 0 Å². The van der Waals surface area contributed by atoms with Gasteiger partial charge in [0.05, 0.1) is 11.4 Å². The van der Waals surface area contributed by atoms with Gasteiger partial charge < -0.3 is 0 Å². The number of fused-ring (bicyclic) bond motifs is 1. The van der Waals surface area contributed by atoms with E-state index in [0.717, 1.165) is 0 Å². The van der Waals surface area contributed by atoms with Crippen LogP contribution in [-0.2, 0) is 0 Å². The summed E-state index contributed by atoms with van der Waals surface area (Å²) in [6.45, 7) is 0. The molecule has 0 aliphatic carbocycles. The van der Waals surface area contributed by atoms with E-state index < -0.39 is 0 Å². The zero-order chi connectivity index (χ0) is 7.84. The standard InChI is InChI=1S/C7H8ClN3/c1-10(8)9-11-6-4-2-3-5-7(6)11/h2-5,9H,1H3. The highest BCUT2D eigenvalue weighted by molar-refractivity contribution is 6.13. The fraction of sp³-hybridized carbons (Fsp3) is 0.143. The highest BCUT2D eigenvalue weighted by Crippen LogP contribution is 2.45. The summed E-state index contributed by atoms with van der Waals surface area (Å²) in [5, 5.41) is 1.91. The summed E-state index contributed by atoms with van der Waals surface area (Å²) in [6, 6.07) is 8.05. The van der Waals surface area contributed by atoms with Gasteiger partial charge in [0.15, 0.2) is 0 Å². The summed E-state index contributed by atoms with van der Waals surface area (Å²) < 4.78 is 1.39. The van der Waals surface area contributed by atoms with E-state index in [-0.39, 0.29) is 0 Å². The van der Waals surface area contributed by atoms with Gasteiger partial charge in [0.1, 0.15) is 0 Å².